The molecule has 1 aromatic carbocycles. The highest BCUT2D eigenvalue weighted by Crippen LogP contribution is 2.27. The second kappa shape index (κ2) is 9.09. The number of nitrogens with zero attached hydrogens (tertiary/aromatic N) is 2. The highest BCUT2D eigenvalue weighted by Gasteiger charge is 2.26. The van der Waals surface area contributed by atoms with Crippen LogP contribution in [0, 0.1) is 17.6 Å². The van der Waals surface area contributed by atoms with Gasteiger partial charge in [0.05, 0.1) is 0 Å². The van der Waals surface area contributed by atoms with E-state index in [0.717, 1.165) is 50.3 Å². The molecule has 0 aromatic heterocycles. The number of benzene rings is 1. The molecule has 0 aliphatic heterocycles. The Balaban J connectivity index is 2.07. The first-order valence-corrected chi connectivity index (χ1v) is 8.95. The number of hydrogen-bond acceptors (Lipinski definition) is 2. The van der Waals surface area contributed by atoms with Crippen molar-refractivity contribution in [3.05, 3.63) is 41.5 Å². The molecule has 0 unspecified atom stereocenters. The molecular formula is C20H28F2N2O. The molecule has 0 N–H and O–H groups in total. The lowest BCUT2D eigenvalue weighted by molar-refractivity contribution is -0.129. The molecular weight excluding hydrogens is 322 g/mol. The Morgan fingerprint density at radius 1 is 1.12 bits per heavy atom. The summed E-state index contributed by atoms with van der Waals surface area (Å²) in [5, 5.41) is 0. The van der Waals surface area contributed by atoms with Gasteiger partial charge in [-0.15, -0.1) is 0 Å². The number of hydrogen-bond donors (Lipinski definition) is 0. The third kappa shape index (κ3) is 5.92. The first-order chi connectivity index (χ1) is 11.9. The third-order valence-electron chi connectivity index (χ3n) is 4.86. The van der Waals surface area contributed by atoms with Crippen molar-refractivity contribution >= 4 is 12.0 Å². The van der Waals surface area contributed by atoms with E-state index in [0.29, 0.717) is 12.1 Å². The Bertz CT molecular complexity index is 608. The van der Waals surface area contributed by atoms with Crippen molar-refractivity contribution in [2.75, 3.05) is 27.2 Å². The maximum Gasteiger partial charge on any atom is 0.246 e. The van der Waals surface area contributed by atoms with Gasteiger partial charge in [-0.2, -0.15) is 0 Å². The highest BCUT2D eigenvalue weighted by molar-refractivity contribution is 5.92. The van der Waals surface area contributed by atoms with Gasteiger partial charge in [0, 0.05) is 25.2 Å². The predicted octanol–water partition coefficient (Wildman–Crippen LogP) is 3.95. The standard InChI is InChI=1S/C20H28F2N2O/c1-15-4-8-17(9-5-15)24(13-12-23(2)3)20(25)11-7-16-6-10-18(21)19(22)14-16/h6-7,10-11,14-15,17H,4-5,8-9,12-13H2,1-3H3/b11-7+. The fraction of sp³-hybridized carbons (Fsp3) is 0.550. The number of carbonyl (C=O) groups excluding carboxylic acids is 1. The minimum atomic E-state index is -0.902. The van der Waals surface area contributed by atoms with Crippen molar-refractivity contribution < 1.29 is 13.6 Å². The average Bonchev–Trinajstić information content (AvgIpc) is 2.57. The number of amides is 1. The van der Waals surface area contributed by atoms with Crippen molar-refractivity contribution in [2.24, 2.45) is 5.92 Å². The van der Waals surface area contributed by atoms with Gasteiger partial charge in [0.15, 0.2) is 11.6 Å². The minimum Gasteiger partial charge on any atom is -0.335 e. The Hall–Kier alpha value is -1.75. The van der Waals surface area contributed by atoms with Crippen LogP contribution in [0.25, 0.3) is 6.08 Å². The molecule has 25 heavy (non-hydrogen) atoms. The van der Waals surface area contributed by atoms with Crippen LogP contribution in [-0.2, 0) is 4.79 Å². The van der Waals surface area contributed by atoms with E-state index in [1.54, 1.807) is 6.08 Å². The van der Waals surface area contributed by atoms with Gasteiger partial charge in [-0.1, -0.05) is 13.0 Å². The van der Waals surface area contributed by atoms with Crippen LogP contribution in [0.2, 0.25) is 0 Å². The Morgan fingerprint density at radius 2 is 1.80 bits per heavy atom. The number of carbonyl (C=O) groups is 1. The summed E-state index contributed by atoms with van der Waals surface area (Å²) >= 11 is 0. The molecule has 0 heterocycles. The van der Waals surface area contributed by atoms with Crippen molar-refractivity contribution in [3.63, 3.8) is 0 Å². The highest BCUT2D eigenvalue weighted by atomic mass is 19.2. The summed E-state index contributed by atoms with van der Waals surface area (Å²) in [6.45, 7) is 3.73. The lowest BCUT2D eigenvalue weighted by Gasteiger charge is -2.36. The zero-order valence-corrected chi connectivity index (χ0v) is 15.3. The van der Waals surface area contributed by atoms with E-state index < -0.39 is 11.6 Å². The Morgan fingerprint density at radius 3 is 2.40 bits per heavy atom. The molecule has 0 radical (unpaired) electrons. The van der Waals surface area contributed by atoms with Crippen molar-refractivity contribution in [3.8, 4) is 0 Å². The molecule has 0 atom stereocenters. The van der Waals surface area contributed by atoms with Crippen molar-refractivity contribution in [1.29, 1.82) is 0 Å². The van der Waals surface area contributed by atoms with Gasteiger partial charge in [0.1, 0.15) is 0 Å². The molecule has 1 aromatic rings. The average molecular weight is 350 g/mol. The zero-order valence-electron chi connectivity index (χ0n) is 15.3. The summed E-state index contributed by atoms with van der Waals surface area (Å²) in [4.78, 5) is 16.7. The van der Waals surface area contributed by atoms with E-state index in [9.17, 15) is 13.6 Å². The maximum atomic E-state index is 13.3. The zero-order chi connectivity index (χ0) is 18.4. The molecule has 138 valence electrons. The molecule has 1 aliphatic carbocycles. The van der Waals surface area contributed by atoms with Crippen LogP contribution in [-0.4, -0.2) is 48.9 Å². The van der Waals surface area contributed by atoms with Gasteiger partial charge in [-0.25, -0.2) is 8.78 Å². The van der Waals surface area contributed by atoms with Crippen molar-refractivity contribution in [1.82, 2.24) is 9.80 Å². The van der Waals surface area contributed by atoms with Crippen LogP contribution in [0.5, 0.6) is 0 Å². The largest absolute Gasteiger partial charge is 0.335 e. The van der Waals surface area contributed by atoms with E-state index in [2.05, 4.69) is 11.8 Å². The van der Waals surface area contributed by atoms with Crippen LogP contribution in [0.15, 0.2) is 24.3 Å². The Labute approximate surface area is 149 Å². The molecule has 1 amide bonds. The molecule has 2 rings (SSSR count). The summed E-state index contributed by atoms with van der Waals surface area (Å²) in [5.41, 5.74) is 0.483. The van der Waals surface area contributed by atoms with E-state index in [1.165, 1.54) is 12.1 Å². The van der Waals surface area contributed by atoms with E-state index >= 15 is 0 Å². The number of likely N-dealkylation sites (N-methyl/N-ethyl adjacent to an activating group) is 1. The van der Waals surface area contributed by atoms with Crippen LogP contribution >= 0.6 is 0 Å². The normalized spacial score (nSPS) is 21.0. The fourth-order valence-electron chi connectivity index (χ4n) is 3.21. The van der Waals surface area contributed by atoms with E-state index in [-0.39, 0.29) is 11.9 Å². The number of rotatable bonds is 6. The molecule has 1 fully saturated rings. The SMILES string of the molecule is CC1CCC(N(CCN(C)C)C(=O)/C=C/c2ccc(F)c(F)c2)CC1. The first-order valence-electron chi connectivity index (χ1n) is 8.95. The minimum absolute atomic E-state index is 0.0638. The molecule has 0 bridgehead atoms. The second-order valence-electron chi connectivity index (χ2n) is 7.26. The van der Waals surface area contributed by atoms with Crippen LogP contribution in [0.3, 0.4) is 0 Å². The van der Waals surface area contributed by atoms with Crippen LogP contribution in [0.4, 0.5) is 8.78 Å². The quantitative estimate of drug-likeness (QED) is 0.726. The molecule has 0 saturated heterocycles. The summed E-state index contributed by atoms with van der Waals surface area (Å²) < 4.78 is 26.3. The summed E-state index contributed by atoms with van der Waals surface area (Å²) in [7, 11) is 3.98. The number of halogens is 2. The molecule has 1 saturated carbocycles. The van der Waals surface area contributed by atoms with Gasteiger partial charge in [-0.3, -0.25) is 4.79 Å². The van der Waals surface area contributed by atoms with E-state index in [1.807, 2.05) is 19.0 Å². The smallest absolute Gasteiger partial charge is 0.246 e. The lowest BCUT2D eigenvalue weighted by atomic mass is 9.86. The molecule has 3 nitrogen and oxygen atoms in total. The van der Waals surface area contributed by atoms with Gasteiger partial charge in [0.2, 0.25) is 5.91 Å². The van der Waals surface area contributed by atoms with Gasteiger partial charge in [-0.05, 0) is 69.5 Å². The third-order valence-corrected chi connectivity index (χ3v) is 4.86. The van der Waals surface area contributed by atoms with Crippen LogP contribution < -0.4 is 0 Å². The molecule has 5 heteroatoms. The summed E-state index contributed by atoms with van der Waals surface area (Å²) in [6, 6.07) is 3.91. The monoisotopic (exact) mass is 350 g/mol. The lowest BCUT2D eigenvalue weighted by Crippen LogP contribution is -2.44. The van der Waals surface area contributed by atoms with Crippen LogP contribution in [0.1, 0.15) is 38.2 Å². The molecule has 1 aliphatic rings. The fourth-order valence-corrected chi connectivity index (χ4v) is 3.21. The Kier molecular flexibility index (Phi) is 7.12. The topological polar surface area (TPSA) is 23.6 Å². The summed E-state index contributed by atoms with van der Waals surface area (Å²) in [5.74, 6) is -1.13. The van der Waals surface area contributed by atoms with Gasteiger partial charge < -0.3 is 9.80 Å². The van der Waals surface area contributed by atoms with Gasteiger partial charge >= 0.3 is 0 Å². The maximum absolute atomic E-state index is 13.3. The van der Waals surface area contributed by atoms with E-state index in [4.69, 9.17) is 0 Å². The first kappa shape index (κ1) is 19.6. The van der Waals surface area contributed by atoms with Crippen molar-refractivity contribution in [2.45, 2.75) is 38.6 Å². The summed E-state index contributed by atoms with van der Waals surface area (Å²) in [6.07, 6.45) is 7.37. The second-order valence-corrected chi connectivity index (χ2v) is 7.26. The van der Waals surface area contributed by atoms with Gasteiger partial charge in [0.25, 0.3) is 0 Å². The molecule has 0 spiro atoms. The predicted molar refractivity (Wildman–Crippen MR) is 97.1 cm³/mol.